The molecule has 1 amide bonds. The van der Waals surface area contributed by atoms with Crippen LogP contribution in [0.3, 0.4) is 0 Å². The number of carboxylic acids is 1. The van der Waals surface area contributed by atoms with Crippen LogP contribution in [0.2, 0.25) is 0 Å². The molecular weight excluding hydrogens is 244 g/mol. The fraction of sp³-hybridized carbons (Fsp3) is 0.286. The van der Waals surface area contributed by atoms with Crippen molar-refractivity contribution in [2.45, 2.75) is 0 Å². The molecule has 19 heavy (non-hydrogen) atoms. The SMILES string of the molecule is CN1CCN(c2ccccc2C=CC(=O)O)CC1=O. The standard InChI is InChI=1S/C14H16N2O3/c1-15-8-9-16(10-13(15)17)12-5-3-2-4-11(12)6-7-14(18)19/h2-7H,8-10H2,1H3,(H,18,19). The van der Waals surface area contributed by atoms with Crippen LogP contribution in [0.1, 0.15) is 5.56 Å². The van der Waals surface area contributed by atoms with Gasteiger partial charge < -0.3 is 14.9 Å². The molecule has 0 saturated carbocycles. The third-order valence-electron chi connectivity index (χ3n) is 3.14. The zero-order valence-corrected chi connectivity index (χ0v) is 10.7. The molecule has 0 unspecified atom stereocenters. The molecular formula is C14H16N2O3. The van der Waals surface area contributed by atoms with Gasteiger partial charge in [-0.25, -0.2) is 4.79 Å². The van der Waals surface area contributed by atoms with Gasteiger partial charge in [0.05, 0.1) is 6.54 Å². The van der Waals surface area contributed by atoms with Gasteiger partial charge in [-0.15, -0.1) is 0 Å². The van der Waals surface area contributed by atoms with E-state index in [9.17, 15) is 9.59 Å². The third-order valence-corrected chi connectivity index (χ3v) is 3.14. The number of aliphatic carboxylic acids is 1. The van der Waals surface area contributed by atoms with Crippen LogP contribution in [0.25, 0.3) is 6.08 Å². The lowest BCUT2D eigenvalue weighted by molar-refractivity contribution is -0.131. The summed E-state index contributed by atoms with van der Waals surface area (Å²) in [7, 11) is 1.79. The van der Waals surface area contributed by atoms with Crippen LogP contribution in [-0.2, 0) is 9.59 Å². The number of amides is 1. The molecule has 1 aromatic rings. The predicted octanol–water partition coefficient (Wildman–Crippen LogP) is 1.06. The summed E-state index contributed by atoms with van der Waals surface area (Å²) in [6, 6.07) is 7.48. The summed E-state index contributed by atoms with van der Waals surface area (Å²) in [5.41, 5.74) is 1.70. The Morgan fingerprint density at radius 2 is 2.05 bits per heavy atom. The van der Waals surface area contributed by atoms with E-state index in [1.807, 2.05) is 29.2 Å². The second-order valence-electron chi connectivity index (χ2n) is 4.47. The topological polar surface area (TPSA) is 60.9 Å². The van der Waals surface area contributed by atoms with E-state index in [-0.39, 0.29) is 5.91 Å². The Labute approximate surface area is 111 Å². The van der Waals surface area contributed by atoms with Crippen molar-refractivity contribution in [1.29, 1.82) is 0 Å². The molecule has 2 rings (SSSR count). The number of likely N-dealkylation sites (N-methyl/N-ethyl adjacent to an activating group) is 1. The molecule has 0 atom stereocenters. The maximum atomic E-state index is 11.7. The first-order chi connectivity index (χ1) is 9.08. The van der Waals surface area contributed by atoms with Crippen LogP contribution >= 0.6 is 0 Å². The number of hydrogen-bond donors (Lipinski definition) is 1. The highest BCUT2D eigenvalue weighted by Crippen LogP contribution is 2.23. The van der Waals surface area contributed by atoms with Gasteiger partial charge in [-0.05, 0) is 17.7 Å². The van der Waals surface area contributed by atoms with Gasteiger partial charge in [-0.2, -0.15) is 0 Å². The predicted molar refractivity (Wildman–Crippen MR) is 73.0 cm³/mol. The first-order valence-electron chi connectivity index (χ1n) is 6.07. The highest BCUT2D eigenvalue weighted by molar-refractivity contribution is 5.88. The number of carbonyl (C=O) groups excluding carboxylic acids is 1. The van der Waals surface area contributed by atoms with E-state index in [0.29, 0.717) is 13.1 Å². The van der Waals surface area contributed by atoms with Crippen molar-refractivity contribution in [3.05, 3.63) is 35.9 Å². The summed E-state index contributed by atoms with van der Waals surface area (Å²) in [6.07, 6.45) is 2.66. The fourth-order valence-corrected chi connectivity index (χ4v) is 2.04. The van der Waals surface area contributed by atoms with E-state index in [4.69, 9.17) is 5.11 Å². The van der Waals surface area contributed by atoms with Crippen molar-refractivity contribution in [1.82, 2.24) is 4.90 Å². The number of nitrogens with zero attached hydrogens (tertiary/aromatic N) is 2. The molecule has 1 aliphatic heterocycles. The van der Waals surface area contributed by atoms with Gasteiger partial charge in [0.2, 0.25) is 5.91 Å². The normalized spacial score (nSPS) is 16.2. The number of carbonyl (C=O) groups is 2. The second-order valence-corrected chi connectivity index (χ2v) is 4.47. The maximum absolute atomic E-state index is 11.7. The molecule has 1 heterocycles. The molecule has 0 radical (unpaired) electrons. The molecule has 100 valence electrons. The van der Waals surface area contributed by atoms with Gasteiger partial charge in [-0.3, -0.25) is 4.79 Å². The minimum Gasteiger partial charge on any atom is -0.478 e. The Morgan fingerprint density at radius 1 is 1.32 bits per heavy atom. The van der Waals surface area contributed by atoms with E-state index in [1.54, 1.807) is 18.0 Å². The summed E-state index contributed by atoms with van der Waals surface area (Å²) in [5, 5.41) is 8.69. The van der Waals surface area contributed by atoms with E-state index in [2.05, 4.69) is 0 Å². The lowest BCUT2D eigenvalue weighted by Gasteiger charge is -2.34. The lowest BCUT2D eigenvalue weighted by atomic mass is 10.1. The number of hydrogen-bond acceptors (Lipinski definition) is 3. The van der Waals surface area contributed by atoms with Gasteiger partial charge in [-0.1, -0.05) is 18.2 Å². The second kappa shape index (κ2) is 5.56. The van der Waals surface area contributed by atoms with Gasteiger partial charge >= 0.3 is 5.97 Å². The lowest BCUT2D eigenvalue weighted by Crippen LogP contribution is -2.48. The van der Waals surface area contributed by atoms with Gasteiger partial charge in [0.1, 0.15) is 0 Å². The Bertz CT molecular complexity index is 525. The highest BCUT2D eigenvalue weighted by atomic mass is 16.4. The molecule has 1 fully saturated rings. The molecule has 0 aromatic heterocycles. The van der Waals surface area contributed by atoms with Gasteiger partial charge in [0.25, 0.3) is 0 Å². The van der Waals surface area contributed by atoms with Crippen molar-refractivity contribution >= 4 is 23.6 Å². The maximum Gasteiger partial charge on any atom is 0.328 e. The highest BCUT2D eigenvalue weighted by Gasteiger charge is 2.22. The molecule has 1 saturated heterocycles. The largest absolute Gasteiger partial charge is 0.478 e. The molecule has 0 bridgehead atoms. The summed E-state index contributed by atoms with van der Waals surface area (Å²) >= 11 is 0. The Kier molecular flexibility index (Phi) is 3.85. The van der Waals surface area contributed by atoms with E-state index in [0.717, 1.165) is 23.9 Å². The van der Waals surface area contributed by atoms with Crippen molar-refractivity contribution in [2.24, 2.45) is 0 Å². The minimum absolute atomic E-state index is 0.0725. The van der Waals surface area contributed by atoms with Crippen LogP contribution in [0.4, 0.5) is 5.69 Å². The number of para-hydroxylation sites is 1. The molecule has 1 N–H and O–H groups in total. The van der Waals surface area contributed by atoms with Gasteiger partial charge in [0.15, 0.2) is 0 Å². The number of carboxylic acid groups (broad SMARTS) is 1. The van der Waals surface area contributed by atoms with Crippen molar-refractivity contribution in [3.8, 4) is 0 Å². The summed E-state index contributed by atoms with van der Waals surface area (Å²) in [4.78, 5) is 26.0. The molecule has 5 nitrogen and oxygen atoms in total. The first kappa shape index (κ1) is 13.1. The first-order valence-corrected chi connectivity index (χ1v) is 6.07. The smallest absolute Gasteiger partial charge is 0.328 e. The van der Waals surface area contributed by atoms with Crippen LogP contribution < -0.4 is 4.90 Å². The number of rotatable bonds is 3. The average Bonchev–Trinajstić information content (AvgIpc) is 2.40. The molecule has 5 heteroatoms. The average molecular weight is 260 g/mol. The number of anilines is 1. The Morgan fingerprint density at radius 3 is 2.74 bits per heavy atom. The van der Waals surface area contributed by atoms with Crippen LogP contribution in [0, 0.1) is 0 Å². The summed E-state index contributed by atoms with van der Waals surface area (Å²) < 4.78 is 0. The zero-order chi connectivity index (χ0) is 13.8. The third kappa shape index (κ3) is 3.13. The molecule has 0 aliphatic carbocycles. The molecule has 0 spiro atoms. The van der Waals surface area contributed by atoms with E-state index in [1.165, 1.54) is 0 Å². The van der Waals surface area contributed by atoms with Crippen LogP contribution in [-0.4, -0.2) is 48.6 Å². The quantitative estimate of drug-likeness (QED) is 0.826. The molecule has 1 aromatic carbocycles. The van der Waals surface area contributed by atoms with Crippen LogP contribution in [0.15, 0.2) is 30.3 Å². The van der Waals surface area contributed by atoms with Gasteiger partial charge in [0, 0.05) is 31.9 Å². The Balaban J connectivity index is 2.25. The monoisotopic (exact) mass is 260 g/mol. The van der Waals surface area contributed by atoms with Crippen molar-refractivity contribution < 1.29 is 14.7 Å². The molecule has 1 aliphatic rings. The zero-order valence-electron chi connectivity index (χ0n) is 10.7. The van der Waals surface area contributed by atoms with E-state index >= 15 is 0 Å². The summed E-state index contributed by atoms with van der Waals surface area (Å²) in [6.45, 7) is 1.75. The van der Waals surface area contributed by atoms with E-state index < -0.39 is 5.97 Å². The number of piperazine rings is 1. The van der Waals surface area contributed by atoms with Crippen molar-refractivity contribution in [3.63, 3.8) is 0 Å². The number of benzene rings is 1. The fourth-order valence-electron chi connectivity index (χ4n) is 2.04. The Hall–Kier alpha value is -2.30. The van der Waals surface area contributed by atoms with Crippen LogP contribution in [0.5, 0.6) is 0 Å². The minimum atomic E-state index is -0.982. The summed E-state index contributed by atoms with van der Waals surface area (Å²) in [5.74, 6) is -0.910. The van der Waals surface area contributed by atoms with Crippen molar-refractivity contribution in [2.75, 3.05) is 31.6 Å².